The molecule has 32 heavy (non-hydrogen) atoms. The zero-order valence-corrected chi connectivity index (χ0v) is 19.1. The maximum atomic E-state index is 13.1. The van der Waals surface area contributed by atoms with Gasteiger partial charge in [0.15, 0.2) is 11.5 Å². The summed E-state index contributed by atoms with van der Waals surface area (Å²) in [5.74, 6) is 1.19. The second-order valence-corrected chi connectivity index (χ2v) is 8.33. The highest BCUT2D eigenvalue weighted by atomic mass is 16.6. The third-order valence-corrected chi connectivity index (χ3v) is 5.85. The number of non-ortho nitro benzene ring substituents is 1. The van der Waals surface area contributed by atoms with E-state index in [0.717, 1.165) is 43.7 Å². The van der Waals surface area contributed by atoms with Crippen LogP contribution in [0.3, 0.4) is 0 Å². The molecule has 0 aromatic heterocycles. The average Bonchev–Trinajstić information content (AvgIpc) is 2.80. The van der Waals surface area contributed by atoms with Gasteiger partial charge in [0.1, 0.15) is 0 Å². The Morgan fingerprint density at radius 3 is 2.25 bits per heavy atom. The molecule has 2 aromatic carbocycles. The third-order valence-electron chi connectivity index (χ3n) is 5.85. The van der Waals surface area contributed by atoms with Gasteiger partial charge in [-0.2, -0.15) is 0 Å². The Labute approximate surface area is 188 Å². The highest BCUT2D eigenvalue weighted by molar-refractivity contribution is 5.95. The van der Waals surface area contributed by atoms with Crippen molar-refractivity contribution < 1.29 is 19.2 Å². The Bertz CT molecular complexity index is 937. The number of nitrogens with zero attached hydrogens (tertiary/aromatic N) is 3. The van der Waals surface area contributed by atoms with E-state index in [2.05, 4.69) is 4.90 Å². The monoisotopic (exact) mass is 441 g/mol. The fourth-order valence-corrected chi connectivity index (χ4v) is 4.09. The molecule has 8 heteroatoms. The first-order valence-electron chi connectivity index (χ1n) is 10.8. The molecule has 1 heterocycles. The van der Waals surface area contributed by atoms with Gasteiger partial charge in [-0.3, -0.25) is 19.8 Å². The lowest BCUT2D eigenvalue weighted by molar-refractivity contribution is -0.384. The van der Waals surface area contributed by atoms with E-state index in [1.54, 1.807) is 26.4 Å². The molecule has 1 amide bonds. The molecule has 0 unspecified atom stereocenters. The summed E-state index contributed by atoms with van der Waals surface area (Å²) in [6, 6.07) is 12.4. The minimum absolute atomic E-state index is 0.0889. The van der Waals surface area contributed by atoms with Crippen LogP contribution in [0.5, 0.6) is 11.5 Å². The maximum absolute atomic E-state index is 13.1. The van der Waals surface area contributed by atoms with E-state index < -0.39 is 0 Å². The van der Waals surface area contributed by atoms with Crippen LogP contribution in [0.2, 0.25) is 0 Å². The van der Waals surface area contributed by atoms with Crippen molar-refractivity contribution in [1.29, 1.82) is 0 Å². The molecule has 2 aromatic rings. The van der Waals surface area contributed by atoms with E-state index in [0.29, 0.717) is 11.5 Å². The fourth-order valence-electron chi connectivity index (χ4n) is 4.09. The van der Waals surface area contributed by atoms with Gasteiger partial charge in [0, 0.05) is 55.5 Å². The highest BCUT2D eigenvalue weighted by Gasteiger charge is 2.31. The molecule has 1 saturated heterocycles. The van der Waals surface area contributed by atoms with Crippen LogP contribution in [0.25, 0.3) is 0 Å². The van der Waals surface area contributed by atoms with Gasteiger partial charge in [-0.05, 0) is 30.5 Å². The van der Waals surface area contributed by atoms with E-state index in [-0.39, 0.29) is 28.5 Å². The van der Waals surface area contributed by atoms with Crippen molar-refractivity contribution in [3.05, 3.63) is 58.1 Å². The number of nitro benzene ring substituents is 1. The molecule has 8 nitrogen and oxygen atoms in total. The van der Waals surface area contributed by atoms with Crippen molar-refractivity contribution in [2.45, 2.75) is 39.3 Å². The highest BCUT2D eigenvalue weighted by Crippen LogP contribution is 2.34. The summed E-state index contributed by atoms with van der Waals surface area (Å²) in [5.41, 5.74) is 1.96. The number of ether oxygens (including phenoxy) is 2. The first-order chi connectivity index (χ1) is 15.3. The van der Waals surface area contributed by atoms with Crippen LogP contribution in [0.4, 0.5) is 11.4 Å². The number of likely N-dealkylation sites (tertiary alicyclic amines) is 1. The number of methoxy groups -OCH3 is 2. The molecular weight excluding hydrogens is 410 g/mol. The van der Waals surface area contributed by atoms with Crippen molar-refractivity contribution in [1.82, 2.24) is 4.90 Å². The SMILES string of the molecule is COc1ccc(N(C(=O)C(C)C)C2CCN(Cc3ccc([N+](=O)[O-])cc3)CC2)cc1OC. The Hall–Kier alpha value is -3.13. The first-order valence-corrected chi connectivity index (χ1v) is 10.8. The van der Waals surface area contributed by atoms with E-state index in [1.807, 2.05) is 49.1 Å². The molecule has 3 rings (SSSR count). The molecule has 172 valence electrons. The number of amides is 1. The largest absolute Gasteiger partial charge is 0.493 e. The standard InChI is InChI=1S/C24H31N3O5/c1-17(2)24(28)26(21-9-10-22(31-3)23(15-21)32-4)19-11-13-25(14-12-19)16-18-5-7-20(8-6-18)27(29)30/h5-10,15,17,19H,11-14,16H2,1-4H3. The lowest BCUT2D eigenvalue weighted by Crippen LogP contribution is -2.48. The summed E-state index contributed by atoms with van der Waals surface area (Å²) in [5, 5.41) is 10.8. The molecule has 0 aliphatic carbocycles. The summed E-state index contributed by atoms with van der Waals surface area (Å²) in [6.07, 6.45) is 1.69. The predicted octanol–water partition coefficient (Wildman–Crippen LogP) is 4.27. The number of hydrogen-bond acceptors (Lipinski definition) is 6. The molecular formula is C24H31N3O5. The summed E-state index contributed by atoms with van der Waals surface area (Å²) in [7, 11) is 3.18. The first kappa shape index (κ1) is 23.5. The summed E-state index contributed by atoms with van der Waals surface area (Å²) >= 11 is 0. The summed E-state index contributed by atoms with van der Waals surface area (Å²) in [6.45, 7) is 6.26. The number of anilines is 1. The zero-order valence-electron chi connectivity index (χ0n) is 19.1. The number of carbonyl (C=O) groups excluding carboxylic acids is 1. The second kappa shape index (κ2) is 10.5. The van der Waals surface area contributed by atoms with Gasteiger partial charge < -0.3 is 14.4 Å². The molecule has 0 saturated carbocycles. The Morgan fingerprint density at radius 2 is 1.72 bits per heavy atom. The van der Waals surface area contributed by atoms with E-state index in [9.17, 15) is 14.9 Å². The predicted molar refractivity (Wildman–Crippen MR) is 123 cm³/mol. The Kier molecular flexibility index (Phi) is 7.69. The second-order valence-electron chi connectivity index (χ2n) is 8.33. The topological polar surface area (TPSA) is 85.2 Å². The van der Waals surface area contributed by atoms with Crippen LogP contribution in [0.1, 0.15) is 32.3 Å². The van der Waals surface area contributed by atoms with E-state index in [1.165, 1.54) is 0 Å². The quantitative estimate of drug-likeness (QED) is 0.449. The van der Waals surface area contributed by atoms with Crippen molar-refractivity contribution in [3.63, 3.8) is 0 Å². The van der Waals surface area contributed by atoms with E-state index in [4.69, 9.17) is 9.47 Å². The lowest BCUT2D eigenvalue weighted by atomic mass is 9.99. The smallest absolute Gasteiger partial charge is 0.269 e. The van der Waals surface area contributed by atoms with Gasteiger partial charge in [-0.15, -0.1) is 0 Å². The van der Waals surface area contributed by atoms with Crippen LogP contribution >= 0.6 is 0 Å². The van der Waals surface area contributed by atoms with Gasteiger partial charge in [0.05, 0.1) is 19.1 Å². The molecule has 0 N–H and O–H groups in total. The van der Waals surface area contributed by atoms with E-state index >= 15 is 0 Å². The summed E-state index contributed by atoms with van der Waals surface area (Å²) < 4.78 is 10.8. The van der Waals surface area contributed by atoms with Gasteiger partial charge in [-0.25, -0.2) is 0 Å². The van der Waals surface area contributed by atoms with Crippen LogP contribution in [-0.2, 0) is 11.3 Å². The van der Waals surface area contributed by atoms with Gasteiger partial charge in [0.25, 0.3) is 5.69 Å². The minimum Gasteiger partial charge on any atom is -0.493 e. The lowest BCUT2D eigenvalue weighted by Gasteiger charge is -2.39. The Balaban J connectivity index is 1.72. The van der Waals surface area contributed by atoms with Crippen LogP contribution in [0.15, 0.2) is 42.5 Å². The van der Waals surface area contributed by atoms with Gasteiger partial charge in [0.2, 0.25) is 5.91 Å². The van der Waals surface area contributed by atoms with Crippen LogP contribution < -0.4 is 14.4 Å². The van der Waals surface area contributed by atoms with Gasteiger partial charge >= 0.3 is 0 Å². The van der Waals surface area contributed by atoms with Crippen molar-refractivity contribution in [2.75, 3.05) is 32.2 Å². The number of benzene rings is 2. The van der Waals surface area contributed by atoms with Crippen molar-refractivity contribution >= 4 is 17.3 Å². The Morgan fingerprint density at radius 1 is 1.09 bits per heavy atom. The summed E-state index contributed by atoms with van der Waals surface area (Å²) in [4.78, 5) is 27.8. The van der Waals surface area contributed by atoms with Crippen molar-refractivity contribution in [2.24, 2.45) is 5.92 Å². The molecule has 0 atom stereocenters. The molecule has 1 aliphatic heterocycles. The fraction of sp³-hybridized carbons (Fsp3) is 0.458. The molecule has 0 spiro atoms. The molecule has 1 fully saturated rings. The van der Waals surface area contributed by atoms with Crippen LogP contribution in [-0.4, -0.2) is 49.1 Å². The normalized spacial score (nSPS) is 14.9. The molecule has 0 bridgehead atoms. The number of carbonyl (C=O) groups is 1. The zero-order chi connectivity index (χ0) is 23.3. The van der Waals surface area contributed by atoms with Gasteiger partial charge in [-0.1, -0.05) is 26.0 Å². The maximum Gasteiger partial charge on any atom is 0.269 e. The number of piperidine rings is 1. The minimum atomic E-state index is -0.385. The number of hydrogen-bond donors (Lipinski definition) is 0. The third kappa shape index (κ3) is 5.37. The average molecular weight is 442 g/mol. The van der Waals surface area contributed by atoms with Crippen LogP contribution in [0, 0.1) is 16.0 Å². The number of rotatable bonds is 8. The molecule has 0 radical (unpaired) electrons. The molecule has 1 aliphatic rings. The van der Waals surface area contributed by atoms with Crippen molar-refractivity contribution in [3.8, 4) is 11.5 Å². The number of nitro groups is 1.